The minimum absolute atomic E-state index is 0.156. The van der Waals surface area contributed by atoms with Crippen LogP contribution in [0.5, 0.6) is 11.5 Å². The highest BCUT2D eigenvalue weighted by molar-refractivity contribution is 8.18. The lowest BCUT2D eigenvalue weighted by Gasteiger charge is -2.13. The van der Waals surface area contributed by atoms with Crippen molar-refractivity contribution in [1.29, 1.82) is 0 Å². The molecule has 1 aliphatic rings. The van der Waals surface area contributed by atoms with E-state index >= 15 is 0 Å². The number of ether oxygens (including phenoxy) is 2. The fourth-order valence-corrected chi connectivity index (χ4v) is 4.07. The van der Waals surface area contributed by atoms with Crippen LogP contribution in [0.4, 0.5) is 4.79 Å². The molecule has 3 rings (SSSR count). The zero-order chi connectivity index (χ0) is 20.3. The Morgan fingerprint density at radius 1 is 1.14 bits per heavy atom. The maximum absolute atomic E-state index is 12.6. The molecule has 0 spiro atoms. The summed E-state index contributed by atoms with van der Waals surface area (Å²) in [6.07, 6.45) is 1.56. The number of aryl methyl sites for hydroxylation is 1. The van der Waals surface area contributed by atoms with Gasteiger partial charge in [0, 0.05) is 10.6 Å². The first-order valence-corrected chi connectivity index (χ1v) is 9.94. The number of halogens is 2. The van der Waals surface area contributed by atoms with Crippen LogP contribution in [0.3, 0.4) is 0 Å². The molecule has 0 aliphatic carbocycles. The van der Waals surface area contributed by atoms with E-state index in [9.17, 15) is 9.59 Å². The van der Waals surface area contributed by atoms with Crippen molar-refractivity contribution in [3.05, 3.63) is 62.5 Å². The van der Waals surface area contributed by atoms with E-state index in [4.69, 9.17) is 32.7 Å². The van der Waals surface area contributed by atoms with Gasteiger partial charge in [0.1, 0.15) is 18.1 Å². The molecule has 1 fully saturated rings. The van der Waals surface area contributed by atoms with Crippen LogP contribution in [0.15, 0.2) is 41.3 Å². The lowest BCUT2D eigenvalue weighted by molar-refractivity contribution is -0.123. The van der Waals surface area contributed by atoms with Gasteiger partial charge in [-0.05, 0) is 49.0 Å². The topological polar surface area (TPSA) is 55.8 Å². The third-order valence-corrected chi connectivity index (χ3v) is 5.41. The first kappa shape index (κ1) is 20.6. The third kappa shape index (κ3) is 4.63. The Labute approximate surface area is 177 Å². The minimum atomic E-state index is -0.388. The van der Waals surface area contributed by atoms with Gasteiger partial charge in [0.25, 0.3) is 11.1 Å². The van der Waals surface area contributed by atoms with Crippen molar-refractivity contribution in [2.45, 2.75) is 6.92 Å². The summed E-state index contributed by atoms with van der Waals surface area (Å²) >= 11 is 13.0. The molecule has 0 N–H and O–H groups in total. The van der Waals surface area contributed by atoms with Crippen molar-refractivity contribution in [3.8, 4) is 11.5 Å². The summed E-state index contributed by atoms with van der Waals surface area (Å²) in [5, 5.41) is 0.380. The van der Waals surface area contributed by atoms with Crippen molar-refractivity contribution in [2.24, 2.45) is 0 Å². The maximum Gasteiger partial charge on any atom is 0.293 e. The van der Waals surface area contributed by atoms with Crippen LogP contribution in [0.25, 0.3) is 6.08 Å². The van der Waals surface area contributed by atoms with Gasteiger partial charge >= 0.3 is 0 Å². The third-order valence-electron chi connectivity index (χ3n) is 4.01. The van der Waals surface area contributed by atoms with Crippen LogP contribution in [-0.2, 0) is 4.79 Å². The molecule has 1 saturated heterocycles. The monoisotopic (exact) mass is 437 g/mol. The Morgan fingerprint density at radius 3 is 2.54 bits per heavy atom. The van der Waals surface area contributed by atoms with Gasteiger partial charge in [-0.15, -0.1) is 0 Å². The van der Waals surface area contributed by atoms with Gasteiger partial charge in [-0.3, -0.25) is 14.5 Å². The molecule has 2 aromatic rings. The number of hydrogen-bond acceptors (Lipinski definition) is 5. The van der Waals surface area contributed by atoms with Gasteiger partial charge in [-0.1, -0.05) is 40.9 Å². The highest BCUT2D eigenvalue weighted by Crippen LogP contribution is 2.37. The van der Waals surface area contributed by atoms with E-state index in [1.54, 1.807) is 18.2 Å². The molecular weight excluding hydrogens is 421 g/mol. The highest BCUT2D eigenvalue weighted by atomic mass is 35.5. The summed E-state index contributed by atoms with van der Waals surface area (Å²) in [5.74, 6) is 0.688. The van der Waals surface area contributed by atoms with Crippen molar-refractivity contribution in [1.82, 2.24) is 4.90 Å². The van der Waals surface area contributed by atoms with Crippen molar-refractivity contribution >= 4 is 52.2 Å². The smallest absolute Gasteiger partial charge is 0.293 e. The van der Waals surface area contributed by atoms with Crippen LogP contribution in [0, 0.1) is 6.92 Å². The fourth-order valence-electron chi connectivity index (χ4n) is 2.63. The summed E-state index contributed by atoms with van der Waals surface area (Å²) in [7, 11) is 1.47. The Morgan fingerprint density at radius 2 is 1.86 bits per heavy atom. The number of methoxy groups -OCH3 is 1. The van der Waals surface area contributed by atoms with E-state index in [-0.39, 0.29) is 29.2 Å². The second-order valence-corrected chi connectivity index (χ2v) is 7.84. The number of carbonyl (C=O) groups excluding carboxylic acids is 2. The first-order chi connectivity index (χ1) is 13.4. The van der Waals surface area contributed by atoms with Crippen LogP contribution in [0.2, 0.25) is 10.0 Å². The van der Waals surface area contributed by atoms with Gasteiger partial charge in [-0.25, -0.2) is 0 Å². The predicted octanol–water partition coefficient (Wildman–Crippen LogP) is 5.43. The molecular formula is C20H17Cl2NO4S. The number of amides is 2. The Kier molecular flexibility index (Phi) is 6.54. The molecule has 0 unspecified atom stereocenters. The molecule has 8 heteroatoms. The number of rotatable bonds is 6. The van der Waals surface area contributed by atoms with Gasteiger partial charge in [0.2, 0.25) is 0 Å². The molecule has 0 saturated carbocycles. The zero-order valence-corrected chi connectivity index (χ0v) is 17.5. The predicted molar refractivity (Wildman–Crippen MR) is 112 cm³/mol. The van der Waals surface area contributed by atoms with Crippen molar-refractivity contribution in [2.75, 3.05) is 20.3 Å². The number of carbonyl (C=O) groups is 2. The quantitative estimate of drug-likeness (QED) is 0.564. The molecule has 1 heterocycles. The van der Waals surface area contributed by atoms with Crippen LogP contribution < -0.4 is 9.47 Å². The molecule has 146 valence electrons. The number of nitrogens with zero attached hydrogens (tertiary/aromatic N) is 1. The first-order valence-electron chi connectivity index (χ1n) is 8.37. The Hall–Kier alpha value is -2.15. The average molecular weight is 438 g/mol. The maximum atomic E-state index is 12.6. The SMILES string of the molecule is COc1c(Cl)cc(Cl)cc1/C=C1\SC(=O)N(CCOc2ccc(C)cc2)C1=O. The summed E-state index contributed by atoms with van der Waals surface area (Å²) in [4.78, 5) is 26.3. The Bertz CT molecular complexity index is 944. The van der Waals surface area contributed by atoms with Gasteiger partial charge in [-0.2, -0.15) is 0 Å². The number of thioether (sulfide) groups is 1. The van der Waals surface area contributed by atoms with Gasteiger partial charge in [0.05, 0.1) is 23.6 Å². The number of benzene rings is 2. The molecule has 0 atom stereocenters. The summed E-state index contributed by atoms with van der Waals surface area (Å²) in [6, 6.07) is 10.7. The molecule has 0 radical (unpaired) electrons. The van der Waals surface area contributed by atoms with E-state index < -0.39 is 0 Å². The number of imide groups is 1. The molecule has 5 nitrogen and oxygen atoms in total. The average Bonchev–Trinajstić information content (AvgIpc) is 2.90. The number of hydrogen-bond donors (Lipinski definition) is 0. The van der Waals surface area contributed by atoms with Crippen molar-refractivity contribution in [3.63, 3.8) is 0 Å². The second kappa shape index (κ2) is 8.90. The largest absolute Gasteiger partial charge is 0.495 e. The second-order valence-electron chi connectivity index (χ2n) is 6.00. The highest BCUT2D eigenvalue weighted by Gasteiger charge is 2.35. The van der Waals surface area contributed by atoms with Gasteiger partial charge < -0.3 is 9.47 Å². The van der Waals surface area contributed by atoms with E-state index in [2.05, 4.69) is 0 Å². The van der Waals surface area contributed by atoms with Crippen LogP contribution >= 0.6 is 35.0 Å². The summed E-state index contributed by atoms with van der Waals surface area (Å²) < 4.78 is 10.9. The summed E-state index contributed by atoms with van der Waals surface area (Å²) in [5.41, 5.74) is 1.65. The lowest BCUT2D eigenvalue weighted by atomic mass is 10.2. The van der Waals surface area contributed by atoms with Crippen LogP contribution in [0.1, 0.15) is 11.1 Å². The molecule has 2 aromatic carbocycles. The van der Waals surface area contributed by atoms with Crippen LogP contribution in [-0.4, -0.2) is 36.3 Å². The summed E-state index contributed by atoms with van der Waals surface area (Å²) in [6.45, 7) is 2.35. The van der Waals surface area contributed by atoms with Crippen molar-refractivity contribution < 1.29 is 19.1 Å². The van der Waals surface area contributed by atoms with E-state index in [1.165, 1.54) is 7.11 Å². The van der Waals surface area contributed by atoms with E-state index in [0.717, 1.165) is 22.2 Å². The Balaban J connectivity index is 1.71. The zero-order valence-electron chi connectivity index (χ0n) is 15.2. The molecule has 0 bridgehead atoms. The van der Waals surface area contributed by atoms with E-state index in [0.29, 0.717) is 27.1 Å². The van der Waals surface area contributed by atoms with E-state index in [1.807, 2.05) is 31.2 Å². The fraction of sp³-hybridized carbons (Fsp3) is 0.200. The minimum Gasteiger partial charge on any atom is -0.495 e. The lowest BCUT2D eigenvalue weighted by Crippen LogP contribution is -2.32. The van der Waals surface area contributed by atoms with Gasteiger partial charge in [0.15, 0.2) is 0 Å². The normalized spacial score (nSPS) is 15.4. The molecule has 0 aromatic heterocycles. The standard InChI is InChI=1S/C20H17Cl2NO4S/c1-12-3-5-15(6-4-12)27-8-7-23-19(24)17(28-20(23)25)10-13-9-14(21)11-16(22)18(13)26-2/h3-6,9-11H,7-8H2,1-2H3/b17-10-. The molecule has 1 aliphatic heterocycles. The molecule has 28 heavy (non-hydrogen) atoms. The molecule has 2 amide bonds.